The Hall–Kier alpha value is -2.75. The van der Waals surface area contributed by atoms with Crippen LogP contribution < -0.4 is 9.46 Å². The average Bonchev–Trinajstić information content (AvgIpc) is 3.21. The van der Waals surface area contributed by atoms with E-state index in [1.54, 1.807) is 4.90 Å². The van der Waals surface area contributed by atoms with Gasteiger partial charge in [0.05, 0.1) is 28.8 Å². The maximum absolute atomic E-state index is 13.2. The predicted octanol–water partition coefficient (Wildman–Crippen LogP) is 3.75. The summed E-state index contributed by atoms with van der Waals surface area (Å²) in [6, 6.07) is 7.89. The molecule has 1 aliphatic heterocycles. The fourth-order valence-electron chi connectivity index (χ4n) is 3.13. The van der Waals surface area contributed by atoms with Gasteiger partial charge >= 0.3 is 6.18 Å². The highest BCUT2D eigenvalue weighted by atomic mass is 32.2. The Morgan fingerprint density at radius 2 is 1.76 bits per heavy atom. The van der Waals surface area contributed by atoms with Crippen LogP contribution in [0.1, 0.15) is 28.8 Å². The Labute approximate surface area is 166 Å². The van der Waals surface area contributed by atoms with Crippen molar-refractivity contribution < 1.29 is 31.1 Å². The normalized spacial score (nSPS) is 14.7. The van der Waals surface area contributed by atoms with E-state index >= 15 is 0 Å². The Balaban J connectivity index is 1.98. The van der Waals surface area contributed by atoms with Gasteiger partial charge in [-0.1, -0.05) is 12.1 Å². The Morgan fingerprint density at radius 1 is 1.10 bits per heavy atom. The first kappa shape index (κ1) is 21.0. The highest BCUT2D eigenvalue weighted by Crippen LogP contribution is 2.36. The van der Waals surface area contributed by atoms with Crippen LogP contribution >= 0.6 is 0 Å². The molecule has 0 aromatic heterocycles. The van der Waals surface area contributed by atoms with E-state index < -0.39 is 27.5 Å². The van der Waals surface area contributed by atoms with Crippen molar-refractivity contribution in [2.75, 3.05) is 24.9 Å². The summed E-state index contributed by atoms with van der Waals surface area (Å²) in [4.78, 5) is 14.0. The molecule has 1 heterocycles. The van der Waals surface area contributed by atoms with Gasteiger partial charge < -0.3 is 9.64 Å². The minimum absolute atomic E-state index is 0.0429. The Kier molecular flexibility index (Phi) is 5.74. The molecule has 0 saturated carbocycles. The van der Waals surface area contributed by atoms with Crippen LogP contribution in [0.2, 0.25) is 0 Å². The first-order valence-electron chi connectivity index (χ1n) is 8.80. The van der Waals surface area contributed by atoms with Gasteiger partial charge in [-0.2, -0.15) is 13.2 Å². The number of nitrogens with one attached hydrogen (secondary N) is 1. The minimum Gasteiger partial charge on any atom is -0.496 e. The van der Waals surface area contributed by atoms with Gasteiger partial charge in [-0.15, -0.1) is 0 Å². The van der Waals surface area contributed by atoms with Crippen LogP contribution in [0.25, 0.3) is 0 Å². The summed E-state index contributed by atoms with van der Waals surface area (Å²) < 4.78 is 72.1. The fourth-order valence-corrected chi connectivity index (χ4v) is 4.24. The smallest absolute Gasteiger partial charge is 0.418 e. The molecular formula is C19H19F3N2O4S. The number of rotatable bonds is 5. The number of nitrogens with zero attached hydrogens (tertiary/aromatic N) is 1. The van der Waals surface area contributed by atoms with E-state index in [1.807, 2.05) is 4.72 Å². The molecule has 0 aliphatic carbocycles. The minimum atomic E-state index is -4.73. The van der Waals surface area contributed by atoms with E-state index in [1.165, 1.54) is 31.4 Å². The van der Waals surface area contributed by atoms with Crippen molar-refractivity contribution in [2.45, 2.75) is 23.9 Å². The number of halogens is 3. The van der Waals surface area contributed by atoms with Crippen LogP contribution in [-0.4, -0.2) is 39.4 Å². The van der Waals surface area contributed by atoms with E-state index in [0.717, 1.165) is 31.0 Å². The van der Waals surface area contributed by atoms with Crippen molar-refractivity contribution in [3.8, 4) is 5.75 Å². The van der Waals surface area contributed by atoms with Crippen LogP contribution in [0.5, 0.6) is 5.75 Å². The zero-order valence-electron chi connectivity index (χ0n) is 15.5. The molecule has 0 radical (unpaired) electrons. The lowest BCUT2D eigenvalue weighted by molar-refractivity contribution is -0.136. The van der Waals surface area contributed by atoms with E-state index in [0.29, 0.717) is 13.1 Å². The number of alkyl halides is 3. The summed E-state index contributed by atoms with van der Waals surface area (Å²) in [6.07, 6.45) is -3.03. The molecule has 1 amide bonds. The lowest BCUT2D eigenvalue weighted by atomic mass is 10.1. The molecule has 0 unspecified atom stereocenters. The summed E-state index contributed by atoms with van der Waals surface area (Å²) in [5, 5.41) is 0. The Bertz CT molecular complexity index is 1020. The van der Waals surface area contributed by atoms with E-state index in [4.69, 9.17) is 4.74 Å². The van der Waals surface area contributed by atoms with E-state index in [2.05, 4.69) is 0 Å². The summed E-state index contributed by atoms with van der Waals surface area (Å²) >= 11 is 0. The maximum Gasteiger partial charge on any atom is 0.418 e. The van der Waals surface area contributed by atoms with Crippen LogP contribution in [-0.2, 0) is 16.2 Å². The Morgan fingerprint density at radius 3 is 2.38 bits per heavy atom. The molecule has 1 fully saturated rings. The zero-order chi connectivity index (χ0) is 21.2. The summed E-state index contributed by atoms with van der Waals surface area (Å²) in [5.74, 6) is -0.191. The molecule has 156 valence electrons. The van der Waals surface area contributed by atoms with E-state index in [-0.39, 0.29) is 22.1 Å². The summed E-state index contributed by atoms with van der Waals surface area (Å²) in [6.45, 7) is 1.10. The van der Waals surface area contributed by atoms with E-state index in [9.17, 15) is 26.4 Å². The van der Waals surface area contributed by atoms with Crippen molar-refractivity contribution in [1.29, 1.82) is 0 Å². The predicted molar refractivity (Wildman–Crippen MR) is 100 cm³/mol. The van der Waals surface area contributed by atoms with Gasteiger partial charge in [-0.05, 0) is 43.2 Å². The lowest BCUT2D eigenvalue weighted by Gasteiger charge is -2.18. The molecule has 6 nitrogen and oxygen atoms in total. The number of sulfonamides is 1. The number of carbonyl (C=O) groups excluding carboxylic acids is 1. The monoisotopic (exact) mass is 428 g/mol. The molecule has 0 spiro atoms. The van der Waals surface area contributed by atoms with Gasteiger partial charge in [0.15, 0.2) is 0 Å². The molecular weight excluding hydrogens is 409 g/mol. The molecule has 0 atom stereocenters. The molecule has 10 heteroatoms. The maximum atomic E-state index is 13.2. The van der Waals surface area contributed by atoms with Crippen LogP contribution in [0.4, 0.5) is 18.9 Å². The number of ether oxygens (including phenoxy) is 1. The molecule has 1 aliphatic rings. The number of methoxy groups -OCH3 is 1. The van der Waals surface area contributed by atoms with Gasteiger partial charge in [0, 0.05) is 13.1 Å². The van der Waals surface area contributed by atoms with Gasteiger partial charge in [-0.3, -0.25) is 9.52 Å². The van der Waals surface area contributed by atoms with Crippen molar-refractivity contribution in [2.24, 2.45) is 0 Å². The number of hydrogen-bond acceptors (Lipinski definition) is 4. The zero-order valence-corrected chi connectivity index (χ0v) is 16.3. The second-order valence-corrected chi connectivity index (χ2v) is 8.19. The molecule has 2 aromatic carbocycles. The molecule has 0 bridgehead atoms. The number of likely N-dealkylation sites (tertiary alicyclic amines) is 1. The standard InChI is InChI=1S/C19H19F3N2O4S/c1-28-17-9-8-13(12-14(17)18(25)24-10-4-5-11-24)29(26,27)23-16-7-3-2-6-15(16)19(20,21)22/h2-3,6-9,12,23H,4-5,10-11H2,1H3. The number of amides is 1. The number of hydrogen-bond donors (Lipinski definition) is 1. The number of carbonyl (C=O) groups is 1. The van der Waals surface area contributed by atoms with Crippen molar-refractivity contribution in [3.05, 3.63) is 53.6 Å². The largest absolute Gasteiger partial charge is 0.496 e. The van der Waals surface area contributed by atoms with Crippen LogP contribution in [0.3, 0.4) is 0 Å². The second-order valence-electron chi connectivity index (χ2n) is 6.51. The van der Waals surface area contributed by atoms with Crippen LogP contribution in [0, 0.1) is 0 Å². The second kappa shape index (κ2) is 7.94. The van der Waals surface area contributed by atoms with Gasteiger partial charge in [-0.25, -0.2) is 8.42 Å². The fraction of sp³-hybridized carbons (Fsp3) is 0.316. The highest BCUT2D eigenvalue weighted by molar-refractivity contribution is 7.92. The van der Waals surface area contributed by atoms with Gasteiger partial charge in [0.25, 0.3) is 15.9 Å². The molecule has 3 rings (SSSR count). The topological polar surface area (TPSA) is 75.7 Å². The number of anilines is 1. The quantitative estimate of drug-likeness (QED) is 0.787. The molecule has 1 saturated heterocycles. The SMILES string of the molecule is COc1ccc(S(=O)(=O)Nc2ccccc2C(F)(F)F)cc1C(=O)N1CCCC1. The third-order valence-corrected chi connectivity index (χ3v) is 5.94. The van der Waals surface area contributed by atoms with Crippen molar-refractivity contribution in [1.82, 2.24) is 4.90 Å². The van der Waals surface area contributed by atoms with Crippen molar-refractivity contribution >= 4 is 21.6 Å². The van der Waals surface area contributed by atoms with Gasteiger partial charge in [0.2, 0.25) is 0 Å². The number of benzene rings is 2. The number of para-hydroxylation sites is 1. The first-order valence-corrected chi connectivity index (χ1v) is 10.3. The van der Waals surface area contributed by atoms with Crippen LogP contribution in [0.15, 0.2) is 47.4 Å². The first-order chi connectivity index (χ1) is 13.6. The highest BCUT2D eigenvalue weighted by Gasteiger charge is 2.34. The van der Waals surface area contributed by atoms with Crippen molar-refractivity contribution in [3.63, 3.8) is 0 Å². The lowest BCUT2D eigenvalue weighted by Crippen LogP contribution is -2.28. The third-order valence-electron chi connectivity index (χ3n) is 4.58. The molecule has 29 heavy (non-hydrogen) atoms. The van der Waals surface area contributed by atoms with Gasteiger partial charge in [0.1, 0.15) is 5.75 Å². The third kappa shape index (κ3) is 4.47. The summed E-state index contributed by atoms with van der Waals surface area (Å²) in [7, 11) is -3.03. The molecule has 1 N–H and O–H groups in total. The summed E-state index contributed by atoms with van der Waals surface area (Å²) in [5.41, 5.74) is -1.66. The average molecular weight is 428 g/mol. The molecule has 2 aromatic rings.